The van der Waals surface area contributed by atoms with Crippen molar-refractivity contribution in [1.82, 2.24) is 41.0 Å². The minimum absolute atomic E-state index is 0.0673. The van der Waals surface area contributed by atoms with Gasteiger partial charge in [-0.3, -0.25) is 57.3 Å². The maximum atomic E-state index is 14.4. The highest BCUT2D eigenvalue weighted by Crippen LogP contribution is 2.40. The zero-order chi connectivity index (χ0) is 57.3. The number of nitrogens with one attached hydrogen (secondary N) is 5. The summed E-state index contributed by atoms with van der Waals surface area (Å²) in [4.78, 5) is 176. The minimum Gasteiger partial charge on any atom is -0.481 e. The van der Waals surface area contributed by atoms with Crippen molar-refractivity contribution in [3.63, 3.8) is 0 Å². The van der Waals surface area contributed by atoms with Crippen LogP contribution in [0, 0.1) is 23.7 Å². The fourth-order valence-electron chi connectivity index (χ4n) is 9.54. The molecule has 0 saturated carbocycles. The lowest BCUT2D eigenvalue weighted by Gasteiger charge is -2.33. The fourth-order valence-corrected chi connectivity index (χ4v) is 10.1. The number of phosphoric acid groups is 1. The monoisotopic (exact) mass is 1100 g/mol. The number of amides is 7. The number of Topliss-reactive ketones (excluding diaryl/α,β-unsaturated/α-hetero) is 3. The molecule has 77 heavy (non-hydrogen) atoms. The molecule has 26 nitrogen and oxygen atoms in total. The van der Waals surface area contributed by atoms with Crippen LogP contribution in [0.3, 0.4) is 0 Å². The van der Waals surface area contributed by atoms with Gasteiger partial charge in [0, 0.05) is 57.6 Å². The van der Waals surface area contributed by atoms with Crippen molar-refractivity contribution in [2.45, 2.75) is 148 Å². The molecular formula is C50H72N9O17P. The SMILES string of the molecule is CC(=O)N[C@@H](Cc1ccccc1)C(=O)C[C@@H](CC(=O)O)C(=O)N1CCCC1C(=O)N1CCC[C@H]1C(=O)N[C@@H](CC(C)C)C(=O)C[C@@H](Cc1cnc[nH]1)C(=O)N[C@@H](CO)C(=O)C[C@H](C(=O)NC(C)C(N)=O)[C@@H](C)OP(=O)(O)O. The van der Waals surface area contributed by atoms with Crippen LogP contribution < -0.4 is 27.0 Å². The lowest BCUT2D eigenvalue weighted by Crippen LogP contribution is -2.56. The van der Waals surface area contributed by atoms with Crippen LogP contribution in [0.15, 0.2) is 42.9 Å². The molecule has 2 saturated heterocycles. The highest BCUT2D eigenvalue weighted by molar-refractivity contribution is 7.46. The number of carboxylic acids is 1. The van der Waals surface area contributed by atoms with Crippen molar-refractivity contribution in [2.24, 2.45) is 29.4 Å². The zero-order valence-corrected chi connectivity index (χ0v) is 44.6. The largest absolute Gasteiger partial charge is 0.481 e. The third-order valence-electron chi connectivity index (χ3n) is 13.5. The highest BCUT2D eigenvalue weighted by atomic mass is 31.2. The molecule has 1 aromatic carbocycles. The van der Waals surface area contributed by atoms with E-state index in [2.05, 4.69) is 35.8 Å². The van der Waals surface area contributed by atoms with Crippen molar-refractivity contribution < 1.29 is 81.8 Å². The Balaban J connectivity index is 1.51. The molecule has 11 N–H and O–H groups in total. The van der Waals surface area contributed by atoms with E-state index in [-0.39, 0.29) is 51.1 Å². The molecule has 7 amide bonds. The molecule has 0 bridgehead atoms. The standard InChI is InChI=1S/C50H72N9O17P/c1-27(2)17-36(41(62)20-32(19-34-24-52-26-53-34)46(68)57-38(25-60)43(64)23-35(29(4)76-77(73,74)75)47(69)54-28(3)45(51)67)56-48(70)39-13-9-15-58(39)50(72)40-14-10-16-59(40)49(71)33(22-44(65)66)21-42(63)37(55-30(5)61)18-31-11-7-6-8-12-31/h6-8,11-12,24,26-29,32-33,35-40,60H,9-10,13-23,25H2,1-5H3,(H2,51,67)(H,52,53)(H,54,69)(H,55,61)(H,56,70)(H,57,68)(H,65,66)(H2,73,74,75)/t28?,29-,32-,33+,35+,36+,37+,38+,39+,40?/m1/s1. The van der Waals surface area contributed by atoms with Crippen LogP contribution in [0.5, 0.6) is 0 Å². The van der Waals surface area contributed by atoms with Crippen molar-refractivity contribution in [2.75, 3.05) is 19.7 Å². The Hall–Kier alpha value is -6.73. The van der Waals surface area contributed by atoms with Gasteiger partial charge in [-0.1, -0.05) is 44.2 Å². The van der Waals surface area contributed by atoms with Crippen LogP contribution in [0.2, 0.25) is 0 Å². The van der Waals surface area contributed by atoms with Crippen molar-refractivity contribution in [1.29, 1.82) is 0 Å². The second-order valence-electron chi connectivity index (χ2n) is 20.1. The molecule has 2 aliphatic heterocycles. The summed E-state index contributed by atoms with van der Waals surface area (Å²) in [6, 6.07) is 1.31. The molecule has 10 atom stereocenters. The number of phosphoric ester groups is 1. The van der Waals surface area contributed by atoms with E-state index in [1.807, 2.05) is 0 Å². The Morgan fingerprint density at radius 1 is 0.766 bits per heavy atom. The van der Waals surface area contributed by atoms with Crippen molar-refractivity contribution in [3.8, 4) is 0 Å². The fraction of sp³-hybridized carbons (Fsp3) is 0.600. The highest BCUT2D eigenvalue weighted by Gasteiger charge is 2.45. The smallest absolute Gasteiger partial charge is 0.469 e. The Bertz CT molecular complexity index is 2490. The first-order valence-electron chi connectivity index (χ1n) is 25.4. The predicted molar refractivity (Wildman–Crippen MR) is 271 cm³/mol. The molecule has 2 unspecified atom stereocenters. The number of carbonyl (C=O) groups excluding carboxylic acids is 10. The molecule has 2 aromatic rings. The lowest BCUT2D eigenvalue weighted by molar-refractivity contribution is -0.151. The number of aliphatic carboxylic acids is 1. The number of nitrogens with zero attached hydrogens (tertiary/aromatic N) is 3. The van der Waals surface area contributed by atoms with E-state index in [1.54, 1.807) is 44.2 Å². The maximum absolute atomic E-state index is 14.4. The first-order valence-corrected chi connectivity index (χ1v) is 27.0. The number of primary amides is 1. The molecule has 0 aliphatic carbocycles. The van der Waals surface area contributed by atoms with Crippen LogP contribution >= 0.6 is 7.82 Å². The summed E-state index contributed by atoms with van der Waals surface area (Å²) >= 11 is 0. The van der Waals surface area contributed by atoms with Gasteiger partial charge in [-0.2, -0.15) is 0 Å². The molecule has 27 heteroatoms. The second-order valence-corrected chi connectivity index (χ2v) is 21.3. The van der Waals surface area contributed by atoms with Gasteiger partial charge in [0.25, 0.3) is 0 Å². The average molecular weight is 1100 g/mol. The van der Waals surface area contributed by atoms with Crippen LogP contribution in [-0.2, 0) is 74.7 Å². The molecule has 0 spiro atoms. The van der Waals surface area contributed by atoms with Gasteiger partial charge in [0.1, 0.15) is 24.2 Å². The number of ketones is 3. The van der Waals surface area contributed by atoms with E-state index < -0.39 is 165 Å². The van der Waals surface area contributed by atoms with Gasteiger partial charge in [0.15, 0.2) is 17.3 Å². The van der Waals surface area contributed by atoms with E-state index in [0.717, 1.165) is 12.5 Å². The minimum atomic E-state index is -5.23. The number of imidazole rings is 1. The van der Waals surface area contributed by atoms with E-state index in [0.29, 0.717) is 18.5 Å². The maximum Gasteiger partial charge on any atom is 0.469 e. The second kappa shape index (κ2) is 29.1. The molecule has 0 radical (unpaired) electrons. The zero-order valence-electron chi connectivity index (χ0n) is 43.8. The molecule has 1 aromatic heterocycles. The van der Waals surface area contributed by atoms with Crippen LogP contribution in [0.25, 0.3) is 0 Å². The van der Waals surface area contributed by atoms with Gasteiger partial charge < -0.3 is 61.8 Å². The van der Waals surface area contributed by atoms with Gasteiger partial charge in [-0.25, -0.2) is 9.55 Å². The number of carboxylic acid groups (broad SMARTS) is 1. The first-order chi connectivity index (χ1) is 36.2. The summed E-state index contributed by atoms with van der Waals surface area (Å²) in [5.74, 6) is -13.5. The van der Waals surface area contributed by atoms with E-state index >= 15 is 0 Å². The third-order valence-corrected chi connectivity index (χ3v) is 14.1. The summed E-state index contributed by atoms with van der Waals surface area (Å²) in [5.41, 5.74) is 6.34. The summed E-state index contributed by atoms with van der Waals surface area (Å²) in [6.07, 6.45) is -0.503. The molecule has 424 valence electrons. The van der Waals surface area contributed by atoms with Gasteiger partial charge in [-0.15, -0.1) is 0 Å². The number of nitrogens with two attached hydrogens (primary N) is 1. The molecule has 3 heterocycles. The number of aliphatic hydroxyl groups is 1. The predicted octanol–water partition coefficient (Wildman–Crippen LogP) is -0.622. The lowest BCUT2D eigenvalue weighted by atomic mass is 9.89. The Morgan fingerprint density at radius 3 is 1.95 bits per heavy atom. The van der Waals surface area contributed by atoms with Crippen molar-refractivity contribution >= 4 is 72.5 Å². The van der Waals surface area contributed by atoms with Crippen LogP contribution in [0.1, 0.15) is 104 Å². The van der Waals surface area contributed by atoms with E-state index in [1.165, 1.54) is 36.2 Å². The molecular weight excluding hydrogens is 1030 g/mol. The number of rotatable bonds is 31. The first kappa shape index (κ1) is 62.8. The normalized spacial score (nSPS) is 18.7. The summed E-state index contributed by atoms with van der Waals surface area (Å²) in [7, 11) is -5.23. The Labute approximate surface area is 445 Å². The summed E-state index contributed by atoms with van der Waals surface area (Å²) in [6.45, 7) is 6.27. The van der Waals surface area contributed by atoms with E-state index in [4.69, 9.17) is 5.73 Å². The Kier molecular flexibility index (Phi) is 23.8. The van der Waals surface area contributed by atoms with Gasteiger partial charge in [-0.05, 0) is 63.9 Å². The molecule has 4 rings (SSSR count). The number of likely N-dealkylation sites (tertiary alicyclic amines) is 2. The number of aromatic amines is 1. The number of aromatic nitrogens is 2. The summed E-state index contributed by atoms with van der Waals surface area (Å²) in [5, 5.41) is 30.2. The van der Waals surface area contributed by atoms with Crippen LogP contribution in [-0.4, -0.2) is 166 Å². The number of aliphatic hydroxyl groups excluding tert-OH is 1. The third kappa shape index (κ3) is 19.4. The van der Waals surface area contributed by atoms with Gasteiger partial charge >= 0.3 is 13.8 Å². The number of hydrogen-bond acceptors (Lipinski definition) is 15. The molecule has 2 aliphatic rings. The Morgan fingerprint density at radius 2 is 1.38 bits per heavy atom. The van der Waals surface area contributed by atoms with Crippen molar-refractivity contribution in [3.05, 3.63) is 54.1 Å². The van der Waals surface area contributed by atoms with E-state index in [9.17, 15) is 77.3 Å². The topological polar surface area (TPSA) is 404 Å². The number of benzene rings is 1. The summed E-state index contributed by atoms with van der Waals surface area (Å²) < 4.78 is 16.3. The number of hydrogen-bond donors (Lipinski definition) is 10. The van der Waals surface area contributed by atoms with Gasteiger partial charge in [0.05, 0.1) is 55.3 Å². The van der Waals surface area contributed by atoms with Crippen LogP contribution in [0.4, 0.5) is 0 Å². The molecule has 2 fully saturated rings. The number of carbonyl (C=O) groups is 11. The van der Waals surface area contributed by atoms with Gasteiger partial charge in [0.2, 0.25) is 41.4 Å². The quantitative estimate of drug-likeness (QED) is 0.0421. The average Bonchev–Trinajstić information content (AvgIpc) is 4.17. The number of H-pyrrole nitrogens is 1.